The summed E-state index contributed by atoms with van der Waals surface area (Å²) < 4.78 is 13.2. The lowest BCUT2D eigenvalue weighted by Gasteiger charge is -1.88. The number of thiazole rings is 2. The smallest absolute Gasteiger partial charge is 0.163 e. The van der Waals surface area contributed by atoms with Gasteiger partial charge in [-0.1, -0.05) is 0 Å². The third-order valence-corrected chi connectivity index (χ3v) is 6.02. The Balaban J connectivity index is 1.57. The lowest BCUT2D eigenvalue weighted by atomic mass is 10.3. The fourth-order valence-electron chi connectivity index (χ4n) is 2.72. The highest BCUT2D eigenvalue weighted by Gasteiger charge is 2.15. The zero-order valence-electron chi connectivity index (χ0n) is 13.3. The average Bonchev–Trinajstić information content (AvgIpc) is 3.43. The summed E-state index contributed by atoms with van der Waals surface area (Å²) in [5, 5.41) is 19.8. The third-order valence-electron chi connectivity index (χ3n) is 3.95. The van der Waals surface area contributed by atoms with Crippen LogP contribution in [0, 0.1) is 0 Å². The Labute approximate surface area is 155 Å². The number of aromatic nitrogens is 2. The first kappa shape index (κ1) is 15.7. The molecule has 2 N–H and O–H groups in total. The van der Waals surface area contributed by atoms with Crippen LogP contribution >= 0.6 is 22.7 Å². The molecule has 0 spiro atoms. The average molecular weight is 384 g/mol. The Kier molecular flexibility index (Phi) is 3.64. The monoisotopic (exact) mass is 384 g/mol. The van der Waals surface area contributed by atoms with E-state index in [0.717, 1.165) is 30.4 Å². The van der Waals surface area contributed by atoms with Crippen LogP contribution in [0.2, 0.25) is 0 Å². The number of rotatable bonds is 4. The molecule has 1 aromatic carbocycles. The first-order valence-electron chi connectivity index (χ1n) is 7.84. The Morgan fingerprint density at radius 2 is 1.19 bits per heavy atom. The van der Waals surface area contributed by atoms with Crippen molar-refractivity contribution in [3.8, 4) is 21.5 Å². The van der Waals surface area contributed by atoms with Crippen LogP contribution in [0.1, 0.15) is 11.5 Å². The molecule has 0 radical (unpaired) electrons. The van der Waals surface area contributed by atoms with Crippen LogP contribution in [-0.4, -0.2) is 20.2 Å². The molecule has 0 amide bonds. The summed E-state index contributed by atoms with van der Waals surface area (Å²) in [5.74, 6) is 2.35. The minimum absolute atomic E-state index is 0.127. The standard InChI is InChI=1S/C18H12N2O4S2/c21-7-9-1-3-13(23-9)17-19-11-5-16-12(6-15(11)25-17)20-18(26-16)14-4-2-10(8-22)24-14/h1-6,21-22H,7-8H2. The fourth-order valence-corrected chi connectivity index (χ4v) is 4.60. The first-order valence-corrected chi connectivity index (χ1v) is 9.48. The van der Waals surface area contributed by atoms with Crippen molar-refractivity contribution < 1.29 is 19.0 Å². The molecule has 4 heterocycles. The van der Waals surface area contributed by atoms with Crippen LogP contribution in [0.25, 0.3) is 42.0 Å². The molecule has 0 fully saturated rings. The molecule has 0 bridgehead atoms. The molecule has 0 aliphatic rings. The zero-order chi connectivity index (χ0) is 17.7. The van der Waals surface area contributed by atoms with Gasteiger partial charge in [-0.2, -0.15) is 0 Å². The van der Waals surface area contributed by atoms with Gasteiger partial charge in [0.2, 0.25) is 0 Å². The number of aliphatic hydroxyl groups is 2. The van der Waals surface area contributed by atoms with E-state index >= 15 is 0 Å². The van der Waals surface area contributed by atoms with Crippen molar-refractivity contribution in [2.75, 3.05) is 0 Å². The molecule has 26 heavy (non-hydrogen) atoms. The molecule has 130 valence electrons. The maximum atomic E-state index is 9.14. The van der Waals surface area contributed by atoms with Gasteiger partial charge in [0.25, 0.3) is 0 Å². The Morgan fingerprint density at radius 3 is 1.58 bits per heavy atom. The fraction of sp³-hybridized carbons (Fsp3) is 0.111. The molecule has 4 aromatic heterocycles. The number of benzene rings is 1. The van der Waals surface area contributed by atoms with Crippen molar-refractivity contribution in [3.63, 3.8) is 0 Å². The van der Waals surface area contributed by atoms with E-state index in [-0.39, 0.29) is 13.2 Å². The van der Waals surface area contributed by atoms with E-state index in [1.54, 1.807) is 12.1 Å². The number of hydrogen-bond acceptors (Lipinski definition) is 8. The maximum Gasteiger partial charge on any atom is 0.163 e. The molecule has 0 unspecified atom stereocenters. The maximum absolute atomic E-state index is 9.14. The molecule has 0 atom stereocenters. The van der Waals surface area contributed by atoms with Crippen molar-refractivity contribution in [3.05, 3.63) is 47.9 Å². The molecule has 0 saturated heterocycles. The highest BCUT2D eigenvalue weighted by atomic mass is 32.1. The molecular formula is C18H12N2O4S2. The lowest BCUT2D eigenvalue weighted by Crippen LogP contribution is -1.75. The van der Waals surface area contributed by atoms with Gasteiger partial charge in [-0.3, -0.25) is 0 Å². The molecular weight excluding hydrogens is 372 g/mol. The quantitative estimate of drug-likeness (QED) is 0.477. The summed E-state index contributed by atoms with van der Waals surface area (Å²) in [6, 6.07) is 11.2. The van der Waals surface area contributed by atoms with E-state index in [1.165, 1.54) is 22.7 Å². The van der Waals surface area contributed by atoms with Crippen LogP contribution in [0.4, 0.5) is 0 Å². The van der Waals surface area contributed by atoms with Crippen LogP contribution < -0.4 is 0 Å². The Morgan fingerprint density at radius 1 is 0.731 bits per heavy atom. The van der Waals surface area contributed by atoms with E-state index in [0.29, 0.717) is 23.0 Å². The number of aliphatic hydroxyl groups excluding tert-OH is 2. The minimum Gasteiger partial charge on any atom is -0.456 e. The van der Waals surface area contributed by atoms with Crippen molar-refractivity contribution >= 4 is 43.1 Å². The van der Waals surface area contributed by atoms with Crippen LogP contribution in [0.15, 0.2) is 45.2 Å². The summed E-state index contributed by atoms with van der Waals surface area (Å²) in [7, 11) is 0. The van der Waals surface area contributed by atoms with Gasteiger partial charge < -0.3 is 19.0 Å². The van der Waals surface area contributed by atoms with Gasteiger partial charge in [-0.15, -0.1) is 22.7 Å². The summed E-state index contributed by atoms with van der Waals surface area (Å²) >= 11 is 3.05. The van der Waals surface area contributed by atoms with Crippen molar-refractivity contribution in [1.82, 2.24) is 9.97 Å². The second kappa shape index (κ2) is 6.03. The second-order valence-corrected chi connectivity index (χ2v) is 7.74. The highest BCUT2D eigenvalue weighted by Crippen LogP contribution is 2.37. The van der Waals surface area contributed by atoms with Gasteiger partial charge in [0.15, 0.2) is 21.5 Å². The summed E-state index contributed by atoms with van der Waals surface area (Å²) in [4.78, 5) is 9.29. The summed E-state index contributed by atoms with van der Waals surface area (Å²) in [5.41, 5.74) is 1.76. The predicted molar refractivity (Wildman–Crippen MR) is 100 cm³/mol. The van der Waals surface area contributed by atoms with E-state index in [4.69, 9.17) is 19.0 Å². The molecule has 5 aromatic rings. The lowest BCUT2D eigenvalue weighted by molar-refractivity contribution is 0.248. The van der Waals surface area contributed by atoms with Gasteiger partial charge in [-0.25, -0.2) is 9.97 Å². The normalized spacial score (nSPS) is 11.8. The van der Waals surface area contributed by atoms with Crippen molar-refractivity contribution in [1.29, 1.82) is 0 Å². The van der Waals surface area contributed by atoms with E-state index in [9.17, 15) is 0 Å². The molecule has 6 nitrogen and oxygen atoms in total. The van der Waals surface area contributed by atoms with Crippen LogP contribution in [0.3, 0.4) is 0 Å². The first-order chi connectivity index (χ1) is 12.7. The molecule has 0 saturated carbocycles. The summed E-state index contributed by atoms with van der Waals surface area (Å²) in [6.07, 6.45) is 0. The van der Waals surface area contributed by atoms with Crippen molar-refractivity contribution in [2.24, 2.45) is 0 Å². The molecule has 5 rings (SSSR count). The number of fused-ring (bicyclic) bond motifs is 2. The van der Waals surface area contributed by atoms with Gasteiger partial charge >= 0.3 is 0 Å². The van der Waals surface area contributed by atoms with Gasteiger partial charge in [0, 0.05) is 0 Å². The number of nitrogens with zero attached hydrogens (tertiary/aromatic N) is 2. The second-order valence-electron chi connectivity index (χ2n) is 5.67. The Bertz CT molecular complexity index is 1090. The van der Waals surface area contributed by atoms with Crippen LogP contribution in [-0.2, 0) is 13.2 Å². The topological polar surface area (TPSA) is 92.5 Å². The van der Waals surface area contributed by atoms with Gasteiger partial charge in [0.1, 0.15) is 24.7 Å². The number of furan rings is 2. The van der Waals surface area contributed by atoms with E-state index in [1.807, 2.05) is 24.3 Å². The largest absolute Gasteiger partial charge is 0.456 e. The van der Waals surface area contributed by atoms with E-state index in [2.05, 4.69) is 9.97 Å². The molecule has 0 aliphatic carbocycles. The Hall–Kier alpha value is -2.52. The third kappa shape index (κ3) is 2.55. The molecule has 8 heteroatoms. The van der Waals surface area contributed by atoms with Crippen LogP contribution in [0.5, 0.6) is 0 Å². The van der Waals surface area contributed by atoms with Crippen molar-refractivity contribution in [2.45, 2.75) is 13.2 Å². The SMILES string of the molecule is OCc1ccc(-c2nc3cc4sc(-c5ccc(CO)o5)nc4cc3s2)o1. The van der Waals surface area contributed by atoms with Gasteiger partial charge in [-0.05, 0) is 36.4 Å². The zero-order valence-corrected chi connectivity index (χ0v) is 14.9. The highest BCUT2D eigenvalue weighted by molar-refractivity contribution is 7.23. The predicted octanol–water partition coefficient (Wildman–Crippen LogP) is 4.41. The minimum atomic E-state index is -0.127. The number of hydrogen-bond donors (Lipinski definition) is 2. The van der Waals surface area contributed by atoms with E-state index < -0.39 is 0 Å². The molecule has 0 aliphatic heterocycles. The van der Waals surface area contributed by atoms with Gasteiger partial charge in [0.05, 0.1) is 20.4 Å². The summed E-state index contributed by atoms with van der Waals surface area (Å²) in [6.45, 7) is -0.254.